The van der Waals surface area contributed by atoms with Gasteiger partial charge in [-0.3, -0.25) is 14.6 Å². The highest BCUT2D eigenvalue weighted by Gasteiger charge is 2.08. The average molecular weight is 366 g/mol. The summed E-state index contributed by atoms with van der Waals surface area (Å²) < 4.78 is 0. The van der Waals surface area contributed by atoms with Crippen LogP contribution in [0.25, 0.3) is 0 Å². The molecule has 7 heteroatoms. The molecule has 1 heterocycles. The lowest BCUT2D eigenvalue weighted by Gasteiger charge is -2.08. The van der Waals surface area contributed by atoms with Gasteiger partial charge in [0.15, 0.2) is 0 Å². The van der Waals surface area contributed by atoms with Gasteiger partial charge in [-0.1, -0.05) is 35.3 Å². The molecule has 2 aromatic rings. The number of anilines is 1. The second-order valence-electron chi connectivity index (χ2n) is 5.10. The summed E-state index contributed by atoms with van der Waals surface area (Å²) in [5, 5.41) is 6.36. The van der Waals surface area contributed by atoms with Crippen molar-refractivity contribution < 1.29 is 9.59 Å². The molecule has 0 bridgehead atoms. The Labute approximate surface area is 150 Å². The van der Waals surface area contributed by atoms with Crippen LogP contribution in [0, 0.1) is 0 Å². The maximum atomic E-state index is 11.8. The SMILES string of the molecule is O=C(CCc1cccc(Cl)c1Cl)NCCC(=O)Nc1cccnc1. The third-order valence-corrected chi connectivity index (χ3v) is 4.13. The van der Waals surface area contributed by atoms with Gasteiger partial charge in [-0.2, -0.15) is 0 Å². The number of carbonyl (C=O) groups excluding carboxylic acids is 2. The number of hydrogen-bond acceptors (Lipinski definition) is 3. The van der Waals surface area contributed by atoms with Crippen LogP contribution in [0.5, 0.6) is 0 Å². The van der Waals surface area contributed by atoms with Gasteiger partial charge in [0.1, 0.15) is 0 Å². The van der Waals surface area contributed by atoms with E-state index in [9.17, 15) is 9.59 Å². The van der Waals surface area contributed by atoms with Gasteiger partial charge in [-0.05, 0) is 30.2 Å². The summed E-state index contributed by atoms with van der Waals surface area (Å²) in [4.78, 5) is 27.5. The highest BCUT2D eigenvalue weighted by atomic mass is 35.5. The molecule has 1 aromatic carbocycles. The first-order valence-corrected chi connectivity index (χ1v) is 8.21. The molecule has 0 aliphatic carbocycles. The number of nitrogens with one attached hydrogen (secondary N) is 2. The van der Waals surface area contributed by atoms with E-state index < -0.39 is 0 Å². The first-order chi connectivity index (χ1) is 11.6. The van der Waals surface area contributed by atoms with Crippen LogP contribution in [-0.4, -0.2) is 23.3 Å². The zero-order chi connectivity index (χ0) is 17.4. The van der Waals surface area contributed by atoms with E-state index in [2.05, 4.69) is 15.6 Å². The summed E-state index contributed by atoms with van der Waals surface area (Å²) in [6.07, 6.45) is 4.16. The van der Waals surface area contributed by atoms with E-state index in [-0.39, 0.29) is 31.2 Å². The Morgan fingerprint density at radius 1 is 1.04 bits per heavy atom. The van der Waals surface area contributed by atoms with Crippen LogP contribution in [0.1, 0.15) is 18.4 Å². The van der Waals surface area contributed by atoms with Gasteiger partial charge in [0.25, 0.3) is 0 Å². The van der Waals surface area contributed by atoms with Crippen molar-refractivity contribution in [1.29, 1.82) is 0 Å². The van der Waals surface area contributed by atoms with E-state index in [0.717, 1.165) is 5.56 Å². The Bertz CT molecular complexity index is 708. The number of halogens is 2. The highest BCUT2D eigenvalue weighted by molar-refractivity contribution is 6.42. The fourth-order valence-corrected chi connectivity index (χ4v) is 2.47. The average Bonchev–Trinajstić information content (AvgIpc) is 2.57. The van der Waals surface area contributed by atoms with Gasteiger partial charge in [0.2, 0.25) is 11.8 Å². The Balaban J connectivity index is 1.68. The Hall–Kier alpha value is -2.11. The third kappa shape index (κ3) is 5.83. The van der Waals surface area contributed by atoms with E-state index in [1.54, 1.807) is 36.7 Å². The van der Waals surface area contributed by atoms with E-state index in [0.29, 0.717) is 22.2 Å². The standard InChI is InChI=1S/C17H17Cl2N3O2/c18-14-5-1-3-12(17(14)19)6-7-15(23)21-10-8-16(24)22-13-4-2-9-20-11-13/h1-5,9,11H,6-8,10H2,(H,21,23)(H,22,24). The van der Waals surface area contributed by atoms with Crippen LogP contribution in [0.4, 0.5) is 5.69 Å². The molecule has 5 nitrogen and oxygen atoms in total. The smallest absolute Gasteiger partial charge is 0.226 e. The quantitative estimate of drug-likeness (QED) is 0.788. The number of rotatable bonds is 7. The van der Waals surface area contributed by atoms with Crippen molar-refractivity contribution >= 4 is 40.7 Å². The lowest BCUT2D eigenvalue weighted by molar-refractivity contribution is -0.121. The van der Waals surface area contributed by atoms with Gasteiger partial charge in [0, 0.05) is 25.6 Å². The van der Waals surface area contributed by atoms with Crippen LogP contribution < -0.4 is 10.6 Å². The molecular formula is C17H17Cl2N3O2. The molecule has 2 rings (SSSR count). The second-order valence-corrected chi connectivity index (χ2v) is 5.89. The minimum Gasteiger partial charge on any atom is -0.356 e. The van der Waals surface area contributed by atoms with Gasteiger partial charge in [0.05, 0.1) is 21.9 Å². The van der Waals surface area contributed by atoms with E-state index in [1.165, 1.54) is 0 Å². The van der Waals surface area contributed by atoms with Crippen molar-refractivity contribution in [2.75, 3.05) is 11.9 Å². The molecule has 0 fully saturated rings. The number of aromatic nitrogens is 1. The number of hydrogen-bond donors (Lipinski definition) is 2. The maximum Gasteiger partial charge on any atom is 0.226 e. The Morgan fingerprint density at radius 3 is 2.62 bits per heavy atom. The van der Waals surface area contributed by atoms with E-state index >= 15 is 0 Å². The molecule has 0 atom stereocenters. The van der Waals surface area contributed by atoms with Crippen molar-refractivity contribution in [2.24, 2.45) is 0 Å². The number of aryl methyl sites for hydroxylation is 1. The molecule has 0 radical (unpaired) electrons. The molecule has 2 amide bonds. The number of pyridine rings is 1. The Morgan fingerprint density at radius 2 is 1.88 bits per heavy atom. The third-order valence-electron chi connectivity index (χ3n) is 3.27. The van der Waals surface area contributed by atoms with Crippen molar-refractivity contribution in [2.45, 2.75) is 19.3 Å². The van der Waals surface area contributed by atoms with Gasteiger partial charge >= 0.3 is 0 Å². The normalized spacial score (nSPS) is 10.2. The summed E-state index contributed by atoms with van der Waals surface area (Å²) in [6.45, 7) is 0.272. The zero-order valence-corrected chi connectivity index (χ0v) is 14.4. The predicted molar refractivity (Wildman–Crippen MR) is 95.3 cm³/mol. The van der Waals surface area contributed by atoms with E-state index in [1.807, 2.05) is 6.07 Å². The highest BCUT2D eigenvalue weighted by Crippen LogP contribution is 2.26. The molecule has 0 spiro atoms. The summed E-state index contributed by atoms with van der Waals surface area (Å²) >= 11 is 12.0. The molecule has 24 heavy (non-hydrogen) atoms. The predicted octanol–water partition coefficient (Wildman–Crippen LogP) is 3.47. The van der Waals surface area contributed by atoms with Crippen molar-refractivity contribution in [3.63, 3.8) is 0 Å². The lowest BCUT2D eigenvalue weighted by Crippen LogP contribution is -2.27. The number of amides is 2. The molecule has 0 aliphatic heterocycles. The minimum absolute atomic E-state index is 0.139. The van der Waals surface area contributed by atoms with Crippen molar-refractivity contribution in [3.8, 4) is 0 Å². The first kappa shape index (κ1) is 18.2. The largest absolute Gasteiger partial charge is 0.356 e. The molecule has 2 N–H and O–H groups in total. The summed E-state index contributed by atoms with van der Waals surface area (Å²) in [5.41, 5.74) is 1.46. The molecular weight excluding hydrogens is 349 g/mol. The summed E-state index contributed by atoms with van der Waals surface area (Å²) in [7, 11) is 0. The fourth-order valence-electron chi connectivity index (χ4n) is 2.05. The van der Waals surface area contributed by atoms with Crippen LogP contribution in [0.2, 0.25) is 10.0 Å². The summed E-state index contributed by atoms with van der Waals surface area (Å²) in [6, 6.07) is 8.82. The zero-order valence-electron chi connectivity index (χ0n) is 12.9. The molecule has 0 saturated carbocycles. The number of benzene rings is 1. The van der Waals surface area contributed by atoms with Crippen LogP contribution in [0.3, 0.4) is 0 Å². The van der Waals surface area contributed by atoms with Gasteiger partial charge in [-0.15, -0.1) is 0 Å². The number of nitrogens with zero attached hydrogens (tertiary/aromatic N) is 1. The molecule has 0 unspecified atom stereocenters. The molecule has 0 saturated heterocycles. The monoisotopic (exact) mass is 365 g/mol. The lowest BCUT2D eigenvalue weighted by atomic mass is 10.1. The van der Waals surface area contributed by atoms with Gasteiger partial charge in [-0.25, -0.2) is 0 Å². The van der Waals surface area contributed by atoms with Crippen LogP contribution in [0.15, 0.2) is 42.7 Å². The van der Waals surface area contributed by atoms with Crippen molar-refractivity contribution in [3.05, 3.63) is 58.3 Å². The molecule has 126 valence electrons. The van der Waals surface area contributed by atoms with Gasteiger partial charge < -0.3 is 10.6 Å². The number of carbonyl (C=O) groups is 2. The molecule has 1 aromatic heterocycles. The maximum absolute atomic E-state index is 11.8. The van der Waals surface area contributed by atoms with E-state index in [4.69, 9.17) is 23.2 Å². The fraction of sp³-hybridized carbons (Fsp3) is 0.235. The van der Waals surface area contributed by atoms with Crippen LogP contribution >= 0.6 is 23.2 Å². The van der Waals surface area contributed by atoms with Crippen molar-refractivity contribution in [1.82, 2.24) is 10.3 Å². The second kappa shape index (κ2) is 9.25. The van der Waals surface area contributed by atoms with Crippen LogP contribution in [-0.2, 0) is 16.0 Å². The Kier molecular flexibility index (Phi) is 7.03. The molecule has 0 aliphatic rings. The first-order valence-electron chi connectivity index (χ1n) is 7.45. The minimum atomic E-state index is -0.179. The summed E-state index contributed by atoms with van der Waals surface area (Å²) in [5.74, 6) is -0.318. The topological polar surface area (TPSA) is 71.1 Å².